The first-order valence-corrected chi connectivity index (χ1v) is 3.42. The highest BCUT2D eigenvalue weighted by Gasteiger charge is 2.04. The highest BCUT2D eigenvalue weighted by molar-refractivity contribution is 6.32. The molecule has 0 saturated heterocycles. The van der Waals surface area contributed by atoms with Gasteiger partial charge in [0.25, 0.3) is 0 Å². The van der Waals surface area contributed by atoms with Crippen LogP contribution in [0.3, 0.4) is 0 Å². The molecule has 1 aromatic rings. The zero-order valence-electron chi connectivity index (χ0n) is 6.59. The van der Waals surface area contributed by atoms with Gasteiger partial charge in [0.15, 0.2) is 0 Å². The lowest BCUT2D eigenvalue weighted by Gasteiger charge is -2.00. The van der Waals surface area contributed by atoms with Crippen LogP contribution in [0.5, 0.6) is 0 Å². The van der Waals surface area contributed by atoms with Crippen molar-refractivity contribution in [3.63, 3.8) is 0 Å². The smallest absolute Gasteiger partial charge is 0.335 e. The van der Waals surface area contributed by atoms with E-state index in [0.717, 1.165) is 11.0 Å². The Kier molecular flexibility index (Phi) is 1.99. The van der Waals surface area contributed by atoms with Gasteiger partial charge in [-0.05, 0) is 12.5 Å². The predicted octanol–water partition coefficient (Wildman–Crippen LogP) is -0.0484. The number of hydrogen-bond acceptors (Lipinski definition) is 1. The highest BCUT2D eigenvalue weighted by Crippen LogP contribution is 2.03. The summed E-state index contributed by atoms with van der Waals surface area (Å²) in [5.41, 5.74) is 2.18. The van der Waals surface area contributed by atoms with E-state index in [4.69, 9.17) is 5.11 Å². The van der Waals surface area contributed by atoms with Crippen LogP contribution in [0, 0.1) is 6.92 Å². The van der Waals surface area contributed by atoms with E-state index in [1.165, 1.54) is 0 Å². The van der Waals surface area contributed by atoms with Gasteiger partial charge in [-0.1, -0.05) is 23.7 Å². The molecule has 0 unspecified atom stereocenters. The Labute approximate surface area is 66.3 Å². The van der Waals surface area contributed by atoms with Crippen molar-refractivity contribution in [1.29, 1.82) is 0 Å². The molecule has 0 aliphatic rings. The molecule has 0 atom stereocenters. The first kappa shape index (κ1) is 7.86. The molecule has 1 rings (SSSR count). The maximum absolute atomic E-state index is 10.6. The van der Waals surface area contributed by atoms with Gasteiger partial charge in [0.2, 0.25) is 0 Å². The molecule has 0 heterocycles. The number of hydrogen-bond donors (Lipinski definition) is 1. The molecule has 0 spiro atoms. The van der Waals surface area contributed by atoms with Crippen LogP contribution in [-0.2, 0) is 0 Å². The quantitative estimate of drug-likeness (QED) is 0.567. The van der Waals surface area contributed by atoms with E-state index in [1.54, 1.807) is 13.0 Å². The van der Waals surface area contributed by atoms with Crippen LogP contribution in [0.2, 0.25) is 0 Å². The molecule has 0 bridgehead atoms. The van der Waals surface area contributed by atoms with Gasteiger partial charge < -0.3 is 5.11 Å². The van der Waals surface area contributed by atoms with Crippen molar-refractivity contribution in [2.75, 3.05) is 0 Å². The standard InChI is InChI=1S/C8H9BO2/c1-5-2-3-6(9)4-7(5)8(10)11/h2-4H,9H2,1H3,(H,10,11). The summed E-state index contributed by atoms with van der Waals surface area (Å²) in [6, 6.07) is 5.40. The largest absolute Gasteiger partial charge is 0.478 e. The average Bonchev–Trinajstić information content (AvgIpc) is 1.94. The summed E-state index contributed by atoms with van der Waals surface area (Å²) in [6.45, 7) is 1.79. The van der Waals surface area contributed by atoms with Gasteiger partial charge in [-0.3, -0.25) is 0 Å². The number of rotatable bonds is 1. The molecule has 0 saturated carbocycles. The Morgan fingerprint density at radius 1 is 1.55 bits per heavy atom. The van der Waals surface area contributed by atoms with Crippen molar-refractivity contribution in [3.8, 4) is 0 Å². The van der Waals surface area contributed by atoms with Crippen molar-refractivity contribution in [3.05, 3.63) is 29.3 Å². The SMILES string of the molecule is Bc1ccc(C)c(C(=O)O)c1. The summed E-state index contributed by atoms with van der Waals surface area (Å²) in [7, 11) is 1.88. The van der Waals surface area contributed by atoms with Crippen molar-refractivity contribution in [2.24, 2.45) is 0 Å². The molecule has 0 amide bonds. The molecule has 3 heteroatoms. The Morgan fingerprint density at radius 3 is 2.64 bits per heavy atom. The van der Waals surface area contributed by atoms with Crippen LogP contribution < -0.4 is 5.46 Å². The van der Waals surface area contributed by atoms with Crippen LogP contribution in [0.15, 0.2) is 18.2 Å². The minimum absolute atomic E-state index is 0.394. The van der Waals surface area contributed by atoms with Crippen LogP contribution in [0.4, 0.5) is 0 Å². The minimum atomic E-state index is -0.855. The summed E-state index contributed by atoms with van der Waals surface area (Å²) in [4.78, 5) is 10.6. The van der Waals surface area contributed by atoms with Crippen LogP contribution in [0.25, 0.3) is 0 Å². The van der Waals surface area contributed by atoms with Crippen molar-refractivity contribution in [2.45, 2.75) is 6.92 Å². The number of aryl methyl sites for hydroxylation is 1. The lowest BCUT2D eigenvalue weighted by molar-refractivity contribution is 0.0696. The lowest BCUT2D eigenvalue weighted by Crippen LogP contribution is -2.08. The van der Waals surface area contributed by atoms with Gasteiger partial charge in [-0.15, -0.1) is 0 Å². The second-order valence-corrected chi connectivity index (χ2v) is 2.62. The zero-order chi connectivity index (χ0) is 8.43. The molecule has 56 valence electrons. The second-order valence-electron chi connectivity index (χ2n) is 2.62. The third-order valence-electron chi connectivity index (χ3n) is 1.62. The molecule has 2 nitrogen and oxygen atoms in total. The topological polar surface area (TPSA) is 37.3 Å². The van der Waals surface area contributed by atoms with E-state index >= 15 is 0 Å². The number of aromatic carboxylic acids is 1. The molecular weight excluding hydrogens is 139 g/mol. The fourth-order valence-electron chi connectivity index (χ4n) is 0.966. The normalized spacial score (nSPS) is 9.55. The number of carboxylic acid groups (broad SMARTS) is 1. The molecule has 0 fully saturated rings. The Balaban J connectivity index is 3.23. The van der Waals surface area contributed by atoms with Crippen LogP contribution in [-0.4, -0.2) is 18.9 Å². The number of benzene rings is 1. The van der Waals surface area contributed by atoms with Crippen molar-refractivity contribution < 1.29 is 9.90 Å². The summed E-state index contributed by atoms with van der Waals surface area (Å²) in [6.07, 6.45) is 0. The highest BCUT2D eigenvalue weighted by atomic mass is 16.4. The van der Waals surface area contributed by atoms with E-state index in [0.29, 0.717) is 5.56 Å². The van der Waals surface area contributed by atoms with E-state index in [9.17, 15) is 4.79 Å². The minimum Gasteiger partial charge on any atom is -0.478 e. The monoisotopic (exact) mass is 148 g/mol. The Morgan fingerprint density at radius 2 is 2.18 bits per heavy atom. The maximum Gasteiger partial charge on any atom is 0.335 e. The molecule has 1 aromatic carbocycles. The molecule has 1 N–H and O–H groups in total. The molecule has 0 aliphatic heterocycles. The van der Waals surface area contributed by atoms with Gasteiger partial charge in [-0.25, -0.2) is 4.79 Å². The summed E-state index contributed by atoms with van der Waals surface area (Å²) < 4.78 is 0. The van der Waals surface area contributed by atoms with Gasteiger partial charge in [0.1, 0.15) is 7.85 Å². The van der Waals surface area contributed by atoms with Gasteiger partial charge in [0.05, 0.1) is 5.56 Å². The third-order valence-corrected chi connectivity index (χ3v) is 1.62. The molecule has 11 heavy (non-hydrogen) atoms. The number of carboxylic acids is 1. The fraction of sp³-hybridized carbons (Fsp3) is 0.125. The molecule has 0 aromatic heterocycles. The molecular formula is C8H9BO2. The van der Waals surface area contributed by atoms with Crippen LogP contribution in [0.1, 0.15) is 15.9 Å². The summed E-state index contributed by atoms with van der Waals surface area (Å²) >= 11 is 0. The first-order valence-electron chi connectivity index (χ1n) is 3.42. The first-order chi connectivity index (χ1) is 5.11. The van der Waals surface area contributed by atoms with Gasteiger partial charge >= 0.3 is 5.97 Å². The molecule has 0 radical (unpaired) electrons. The molecule has 0 aliphatic carbocycles. The summed E-state index contributed by atoms with van der Waals surface area (Å²) in [5, 5.41) is 8.69. The Bertz CT molecular complexity index is 294. The summed E-state index contributed by atoms with van der Waals surface area (Å²) in [5.74, 6) is -0.855. The van der Waals surface area contributed by atoms with E-state index in [1.807, 2.05) is 20.0 Å². The van der Waals surface area contributed by atoms with Gasteiger partial charge in [-0.2, -0.15) is 0 Å². The van der Waals surface area contributed by atoms with Crippen molar-refractivity contribution >= 4 is 19.3 Å². The van der Waals surface area contributed by atoms with Gasteiger partial charge in [0, 0.05) is 0 Å². The maximum atomic E-state index is 10.6. The average molecular weight is 148 g/mol. The predicted molar refractivity (Wildman–Crippen MR) is 46.3 cm³/mol. The van der Waals surface area contributed by atoms with E-state index in [2.05, 4.69) is 0 Å². The third kappa shape index (κ3) is 1.61. The Hall–Kier alpha value is -1.25. The van der Waals surface area contributed by atoms with E-state index in [-0.39, 0.29) is 0 Å². The fourth-order valence-corrected chi connectivity index (χ4v) is 0.966. The van der Waals surface area contributed by atoms with Crippen molar-refractivity contribution in [1.82, 2.24) is 0 Å². The van der Waals surface area contributed by atoms with Crippen LogP contribution >= 0.6 is 0 Å². The zero-order valence-corrected chi connectivity index (χ0v) is 6.59. The number of carbonyl (C=O) groups is 1. The van der Waals surface area contributed by atoms with E-state index < -0.39 is 5.97 Å². The lowest BCUT2D eigenvalue weighted by atomic mass is 9.92. The second kappa shape index (κ2) is 2.78.